The third-order valence-electron chi connectivity index (χ3n) is 4.72. The Morgan fingerprint density at radius 3 is 2.69 bits per heavy atom. The standard InChI is InChI=1S/C21H19FN2O2/c22-18-7-5-16(6-8-18)19-13-23-20(26-19)9-10-21(25)24-12-11-15-3-1-2-4-17(15)14-24/h1-8,13H,9-12,14H2. The van der Waals surface area contributed by atoms with E-state index in [2.05, 4.69) is 17.1 Å². The summed E-state index contributed by atoms with van der Waals surface area (Å²) in [6, 6.07) is 14.3. The lowest BCUT2D eigenvalue weighted by atomic mass is 9.99. The molecule has 4 nitrogen and oxygen atoms in total. The number of hydrogen-bond donors (Lipinski definition) is 0. The van der Waals surface area contributed by atoms with Gasteiger partial charge in [-0.25, -0.2) is 9.37 Å². The highest BCUT2D eigenvalue weighted by molar-refractivity contribution is 5.76. The zero-order chi connectivity index (χ0) is 17.9. The predicted octanol–water partition coefficient (Wildman–Crippen LogP) is 4.00. The zero-order valence-corrected chi connectivity index (χ0v) is 14.3. The van der Waals surface area contributed by atoms with Crippen LogP contribution >= 0.6 is 0 Å². The number of carbonyl (C=O) groups excluding carboxylic acids is 1. The number of halogens is 1. The predicted molar refractivity (Wildman–Crippen MR) is 95.8 cm³/mol. The molecule has 3 aromatic rings. The van der Waals surface area contributed by atoms with Gasteiger partial charge < -0.3 is 9.32 Å². The minimum absolute atomic E-state index is 0.112. The molecule has 0 radical (unpaired) electrons. The normalized spacial score (nSPS) is 13.5. The highest BCUT2D eigenvalue weighted by Crippen LogP contribution is 2.22. The molecular formula is C21H19FN2O2. The maximum absolute atomic E-state index is 13.0. The molecule has 0 saturated heterocycles. The monoisotopic (exact) mass is 350 g/mol. The van der Waals surface area contributed by atoms with E-state index in [1.54, 1.807) is 18.3 Å². The van der Waals surface area contributed by atoms with E-state index in [0.717, 1.165) is 18.5 Å². The van der Waals surface area contributed by atoms with Gasteiger partial charge in [-0.15, -0.1) is 0 Å². The lowest BCUT2D eigenvalue weighted by Crippen LogP contribution is -2.36. The molecule has 0 aliphatic carbocycles. The summed E-state index contributed by atoms with van der Waals surface area (Å²) in [7, 11) is 0. The number of carbonyl (C=O) groups is 1. The molecule has 0 bridgehead atoms. The van der Waals surface area contributed by atoms with Crippen LogP contribution in [0.1, 0.15) is 23.4 Å². The van der Waals surface area contributed by atoms with Gasteiger partial charge in [0.25, 0.3) is 0 Å². The summed E-state index contributed by atoms with van der Waals surface area (Å²) < 4.78 is 18.7. The van der Waals surface area contributed by atoms with E-state index < -0.39 is 0 Å². The Kier molecular flexibility index (Phi) is 4.52. The van der Waals surface area contributed by atoms with Crippen LogP contribution in [0.25, 0.3) is 11.3 Å². The number of rotatable bonds is 4. The van der Waals surface area contributed by atoms with Gasteiger partial charge in [0.1, 0.15) is 5.82 Å². The summed E-state index contributed by atoms with van der Waals surface area (Å²) in [4.78, 5) is 18.6. The molecule has 26 heavy (non-hydrogen) atoms. The van der Waals surface area contributed by atoms with Crippen LogP contribution in [0.4, 0.5) is 4.39 Å². The van der Waals surface area contributed by atoms with Crippen molar-refractivity contribution in [1.82, 2.24) is 9.88 Å². The molecule has 2 aromatic carbocycles. The van der Waals surface area contributed by atoms with Gasteiger partial charge in [0.2, 0.25) is 5.91 Å². The average Bonchev–Trinajstić information content (AvgIpc) is 3.15. The van der Waals surface area contributed by atoms with Gasteiger partial charge in [0, 0.05) is 31.5 Å². The van der Waals surface area contributed by atoms with Crippen molar-refractivity contribution in [3.8, 4) is 11.3 Å². The smallest absolute Gasteiger partial charge is 0.223 e. The SMILES string of the molecule is O=C(CCc1ncc(-c2ccc(F)cc2)o1)N1CCc2ccccc2C1. The van der Waals surface area contributed by atoms with Crippen molar-refractivity contribution in [2.24, 2.45) is 0 Å². The number of fused-ring (bicyclic) bond motifs is 1. The van der Waals surface area contributed by atoms with E-state index in [0.29, 0.717) is 31.0 Å². The summed E-state index contributed by atoms with van der Waals surface area (Å²) in [6.45, 7) is 1.42. The first-order valence-electron chi connectivity index (χ1n) is 8.74. The number of aryl methyl sites for hydroxylation is 1. The summed E-state index contributed by atoms with van der Waals surface area (Å²) in [5.41, 5.74) is 3.32. The topological polar surface area (TPSA) is 46.3 Å². The van der Waals surface area contributed by atoms with Crippen LogP contribution in [0.2, 0.25) is 0 Å². The van der Waals surface area contributed by atoms with Crippen LogP contribution in [-0.2, 0) is 24.2 Å². The van der Waals surface area contributed by atoms with E-state index in [-0.39, 0.29) is 11.7 Å². The van der Waals surface area contributed by atoms with E-state index in [1.807, 2.05) is 17.0 Å². The third-order valence-corrected chi connectivity index (χ3v) is 4.72. The van der Waals surface area contributed by atoms with E-state index in [1.165, 1.54) is 23.3 Å². The number of nitrogens with zero attached hydrogens (tertiary/aromatic N) is 2. The van der Waals surface area contributed by atoms with Crippen LogP contribution in [0.3, 0.4) is 0 Å². The van der Waals surface area contributed by atoms with E-state index in [4.69, 9.17) is 4.42 Å². The first-order valence-corrected chi connectivity index (χ1v) is 8.74. The summed E-state index contributed by atoms with van der Waals surface area (Å²) in [6.07, 6.45) is 3.34. The van der Waals surface area contributed by atoms with Gasteiger partial charge in [-0.2, -0.15) is 0 Å². The number of benzene rings is 2. The fourth-order valence-corrected chi connectivity index (χ4v) is 3.25. The Balaban J connectivity index is 1.36. The second kappa shape index (κ2) is 7.12. The molecule has 0 spiro atoms. The lowest BCUT2D eigenvalue weighted by molar-refractivity contribution is -0.132. The van der Waals surface area contributed by atoms with Gasteiger partial charge in [-0.3, -0.25) is 4.79 Å². The van der Waals surface area contributed by atoms with Gasteiger partial charge >= 0.3 is 0 Å². The van der Waals surface area contributed by atoms with Gasteiger partial charge in [0.05, 0.1) is 6.20 Å². The molecule has 5 heteroatoms. The molecular weight excluding hydrogens is 331 g/mol. The summed E-state index contributed by atoms with van der Waals surface area (Å²) in [5, 5.41) is 0. The highest BCUT2D eigenvalue weighted by atomic mass is 19.1. The Hall–Kier alpha value is -2.95. The highest BCUT2D eigenvalue weighted by Gasteiger charge is 2.20. The van der Waals surface area contributed by atoms with Gasteiger partial charge in [-0.1, -0.05) is 24.3 Å². The third kappa shape index (κ3) is 3.52. The Bertz CT molecular complexity index is 918. The second-order valence-corrected chi connectivity index (χ2v) is 6.46. The number of hydrogen-bond acceptors (Lipinski definition) is 3. The van der Waals surface area contributed by atoms with Crippen LogP contribution in [0, 0.1) is 5.82 Å². The number of amides is 1. The molecule has 2 heterocycles. The maximum atomic E-state index is 13.0. The van der Waals surface area contributed by atoms with Crippen molar-refractivity contribution in [2.75, 3.05) is 6.54 Å². The summed E-state index contributed by atoms with van der Waals surface area (Å²) in [5.74, 6) is 0.928. The Morgan fingerprint density at radius 1 is 1.12 bits per heavy atom. The zero-order valence-electron chi connectivity index (χ0n) is 14.3. The van der Waals surface area contributed by atoms with Crippen LogP contribution in [-0.4, -0.2) is 22.3 Å². The van der Waals surface area contributed by atoms with Gasteiger partial charge in [-0.05, 0) is 41.8 Å². The quantitative estimate of drug-likeness (QED) is 0.714. The van der Waals surface area contributed by atoms with Crippen molar-refractivity contribution >= 4 is 5.91 Å². The Morgan fingerprint density at radius 2 is 1.88 bits per heavy atom. The van der Waals surface area contributed by atoms with Crippen LogP contribution < -0.4 is 0 Å². The molecule has 0 N–H and O–H groups in total. The maximum Gasteiger partial charge on any atom is 0.223 e. The molecule has 132 valence electrons. The fraction of sp³-hybridized carbons (Fsp3) is 0.238. The van der Waals surface area contributed by atoms with Gasteiger partial charge in [0.15, 0.2) is 11.7 Å². The van der Waals surface area contributed by atoms with Crippen LogP contribution in [0.15, 0.2) is 59.1 Å². The molecule has 1 aliphatic heterocycles. The molecule has 0 fully saturated rings. The van der Waals surface area contributed by atoms with E-state index in [9.17, 15) is 9.18 Å². The average molecular weight is 350 g/mol. The molecule has 0 saturated carbocycles. The lowest BCUT2D eigenvalue weighted by Gasteiger charge is -2.28. The molecule has 1 aromatic heterocycles. The molecule has 4 rings (SSSR count). The van der Waals surface area contributed by atoms with Crippen molar-refractivity contribution < 1.29 is 13.6 Å². The van der Waals surface area contributed by atoms with Crippen molar-refractivity contribution in [2.45, 2.75) is 25.8 Å². The number of aromatic nitrogens is 1. The fourth-order valence-electron chi connectivity index (χ4n) is 3.25. The van der Waals surface area contributed by atoms with Crippen molar-refractivity contribution in [3.05, 3.63) is 77.6 Å². The molecule has 1 aliphatic rings. The largest absolute Gasteiger partial charge is 0.441 e. The molecule has 0 atom stereocenters. The van der Waals surface area contributed by atoms with E-state index >= 15 is 0 Å². The minimum Gasteiger partial charge on any atom is -0.441 e. The van der Waals surface area contributed by atoms with Crippen LogP contribution in [0.5, 0.6) is 0 Å². The number of oxazole rings is 1. The second-order valence-electron chi connectivity index (χ2n) is 6.46. The first kappa shape index (κ1) is 16.5. The minimum atomic E-state index is -0.290. The van der Waals surface area contributed by atoms with Crippen molar-refractivity contribution in [1.29, 1.82) is 0 Å². The molecule has 0 unspecified atom stereocenters. The summed E-state index contributed by atoms with van der Waals surface area (Å²) >= 11 is 0. The molecule has 1 amide bonds. The Labute approximate surface area is 151 Å². The first-order chi connectivity index (χ1) is 12.7. The van der Waals surface area contributed by atoms with Crippen molar-refractivity contribution in [3.63, 3.8) is 0 Å².